The molecule has 8 nitrogen and oxygen atoms in total. The van der Waals surface area contributed by atoms with Gasteiger partial charge in [-0.3, -0.25) is 9.59 Å². The number of carbonyl (C=O) groups is 2. The van der Waals surface area contributed by atoms with Gasteiger partial charge in [-0.1, -0.05) is 0 Å². The van der Waals surface area contributed by atoms with Crippen molar-refractivity contribution in [1.29, 1.82) is 0 Å². The molecular weight excluding hydrogens is 389 g/mol. The van der Waals surface area contributed by atoms with Crippen molar-refractivity contribution >= 4 is 21.7 Å². The molecule has 1 aromatic carbocycles. The quantitative estimate of drug-likeness (QED) is 0.590. The van der Waals surface area contributed by atoms with Crippen LogP contribution in [-0.2, 0) is 21.1 Å². The molecule has 0 saturated heterocycles. The molecule has 1 aliphatic heterocycles. The van der Waals surface area contributed by atoms with Gasteiger partial charge in [-0.25, -0.2) is 12.8 Å². The first-order chi connectivity index (χ1) is 13.2. The van der Waals surface area contributed by atoms with Gasteiger partial charge in [0.2, 0.25) is 5.91 Å². The zero-order chi connectivity index (χ0) is 20.7. The highest BCUT2D eigenvalue weighted by Crippen LogP contribution is 2.24. The number of ether oxygens (including phenoxy) is 1. The summed E-state index contributed by atoms with van der Waals surface area (Å²) in [5.41, 5.74) is 6.96. The lowest BCUT2D eigenvalue weighted by Gasteiger charge is -2.28. The summed E-state index contributed by atoms with van der Waals surface area (Å²) in [7, 11) is -3.16. The van der Waals surface area contributed by atoms with Crippen LogP contribution in [0.25, 0.3) is 0 Å². The van der Waals surface area contributed by atoms with E-state index in [0.717, 1.165) is 11.8 Å². The normalized spacial score (nSPS) is 14.6. The number of nitrogens with one attached hydrogen (secondary N) is 1. The van der Waals surface area contributed by atoms with Gasteiger partial charge in [0.15, 0.2) is 0 Å². The van der Waals surface area contributed by atoms with E-state index in [-0.39, 0.29) is 37.9 Å². The summed E-state index contributed by atoms with van der Waals surface area (Å²) in [5, 5.41) is 2.50. The van der Waals surface area contributed by atoms with Crippen molar-refractivity contribution in [3.05, 3.63) is 41.2 Å². The molecule has 2 amide bonds. The molecule has 3 N–H and O–H groups in total. The fraction of sp³-hybridized carbons (Fsp3) is 0.444. The van der Waals surface area contributed by atoms with E-state index in [1.807, 2.05) is 0 Å². The molecule has 0 radical (unpaired) electrons. The molecule has 0 aromatic heterocycles. The summed E-state index contributed by atoms with van der Waals surface area (Å²) >= 11 is 0. The van der Waals surface area contributed by atoms with Gasteiger partial charge < -0.3 is 20.7 Å². The second kappa shape index (κ2) is 9.65. The number of carbonyl (C=O) groups excluding carboxylic acids is 2. The van der Waals surface area contributed by atoms with Crippen LogP contribution in [-0.4, -0.2) is 69.9 Å². The van der Waals surface area contributed by atoms with Gasteiger partial charge in [0, 0.05) is 37.0 Å². The molecule has 0 fully saturated rings. The average Bonchev–Trinajstić information content (AvgIpc) is 2.64. The maximum Gasteiger partial charge on any atom is 0.254 e. The van der Waals surface area contributed by atoms with Crippen molar-refractivity contribution in [3.63, 3.8) is 0 Å². The van der Waals surface area contributed by atoms with Gasteiger partial charge in [0.05, 0.1) is 18.6 Å². The minimum absolute atomic E-state index is 0.00903. The third-order valence-electron chi connectivity index (χ3n) is 4.22. The van der Waals surface area contributed by atoms with Crippen LogP contribution in [0.4, 0.5) is 4.39 Å². The Balaban J connectivity index is 1.94. The minimum atomic E-state index is -3.16. The van der Waals surface area contributed by atoms with E-state index in [1.54, 1.807) is 18.2 Å². The third kappa shape index (κ3) is 6.31. The fourth-order valence-corrected chi connectivity index (χ4v) is 3.14. The lowest BCUT2D eigenvalue weighted by Crippen LogP contribution is -2.44. The van der Waals surface area contributed by atoms with Crippen molar-refractivity contribution < 1.29 is 27.1 Å². The number of nitrogens with zero attached hydrogens (tertiary/aromatic N) is 1. The average molecular weight is 413 g/mol. The number of amides is 2. The van der Waals surface area contributed by atoms with Crippen LogP contribution in [0, 0.1) is 0 Å². The summed E-state index contributed by atoms with van der Waals surface area (Å²) in [6.07, 6.45) is 2.05. The molecule has 0 spiro atoms. The number of halogens is 1. The molecule has 0 bridgehead atoms. The topological polar surface area (TPSA) is 119 Å². The zero-order valence-corrected chi connectivity index (χ0v) is 16.4. The first-order valence-corrected chi connectivity index (χ1v) is 10.8. The smallest absolute Gasteiger partial charge is 0.254 e. The van der Waals surface area contributed by atoms with E-state index < -0.39 is 15.7 Å². The number of sulfone groups is 1. The Morgan fingerprint density at radius 3 is 2.82 bits per heavy atom. The Morgan fingerprint density at radius 1 is 1.43 bits per heavy atom. The molecule has 10 heteroatoms. The highest BCUT2D eigenvalue weighted by molar-refractivity contribution is 7.90. The minimum Gasteiger partial charge on any atom is -0.489 e. The lowest BCUT2D eigenvalue weighted by molar-refractivity contribution is -0.121. The Kier molecular flexibility index (Phi) is 7.53. The SMILES string of the molecule is CS(=O)(=O)CCNC(=O)CN1CCc2cc(OC/C(=C/F)CN)ccc2C1=O. The molecular formula is C18H24FN3O5S. The fourth-order valence-electron chi connectivity index (χ4n) is 2.67. The standard InChI is InChI=1S/C18H24FN3O5S/c1-28(25,26)7-5-21-17(23)11-22-6-4-14-8-15(2-3-16(14)18(22)24)27-12-13(9-19)10-20/h2-3,8-9H,4-7,10-12,20H2,1H3,(H,21,23)/b13-9+. The number of fused-ring (bicyclic) bond motifs is 1. The van der Waals surface area contributed by atoms with Crippen LogP contribution < -0.4 is 15.8 Å². The Labute approximate surface area is 163 Å². The second-order valence-corrected chi connectivity index (χ2v) is 8.80. The predicted molar refractivity (Wildman–Crippen MR) is 103 cm³/mol. The molecule has 2 rings (SSSR count). The molecule has 0 saturated carbocycles. The van der Waals surface area contributed by atoms with Gasteiger partial charge in [-0.2, -0.15) is 0 Å². The van der Waals surface area contributed by atoms with Crippen molar-refractivity contribution in [2.45, 2.75) is 6.42 Å². The summed E-state index contributed by atoms with van der Waals surface area (Å²) in [5.74, 6) is -0.335. The molecule has 1 aromatic rings. The van der Waals surface area contributed by atoms with Crippen LogP contribution in [0.5, 0.6) is 5.75 Å². The van der Waals surface area contributed by atoms with Crippen LogP contribution in [0.1, 0.15) is 15.9 Å². The summed E-state index contributed by atoms with van der Waals surface area (Å²) in [6.45, 7) is 0.310. The Morgan fingerprint density at radius 2 is 2.18 bits per heavy atom. The first-order valence-electron chi connectivity index (χ1n) is 8.71. The highest BCUT2D eigenvalue weighted by atomic mass is 32.2. The van der Waals surface area contributed by atoms with E-state index in [1.165, 1.54) is 4.90 Å². The third-order valence-corrected chi connectivity index (χ3v) is 5.16. The molecule has 154 valence electrons. The van der Waals surface area contributed by atoms with Crippen molar-refractivity contribution in [2.24, 2.45) is 5.73 Å². The number of hydrogen-bond donors (Lipinski definition) is 2. The van der Waals surface area contributed by atoms with E-state index in [2.05, 4.69) is 5.32 Å². The maximum atomic E-state index is 12.6. The van der Waals surface area contributed by atoms with Crippen LogP contribution in [0.15, 0.2) is 30.1 Å². The molecule has 1 heterocycles. The Hall–Kier alpha value is -2.46. The van der Waals surface area contributed by atoms with E-state index in [9.17, 15) is 22.4 Å². The summed E-state index contributed by atoms with van der Waals surface area (Å²) < 4.78 is 40.2. The monoisotopic (exact) mass is 413 g/mol. The number of hydrogen-bond acceptors (Lipinski definition) is 6. The van der Waals surface area contributed by atoms with Gasteiger partial charge in [-0.05, 0) is 30.2 Å². The molecule has 0 unspecified atom stereocenters. The number of rotatable bonds is 9. The van der Waals surface area contributed by atoms with Crippen molar-refractivity contribution in [2.75, 3.05) is 44.8 Å². The first kappa shape index (κ1) is 21.8. The van der Waals surface area contributed by atoms with E-state index in [4.69, 9.17) is 10.5 Å². The van der Waals surface area contributed by atoms with Gasteiger partial charge >= 0.3 is 0 Å². The van der Waals surface area contributed by atoms with Crippen LogP contribution >= 0.6 is 0 Å². The predicted octanol–water partition coefficient (Wildman–Crippen LogP) is 0.0366. The van der Waals surface area contributed by atoms with Gasteiger partial charge in [0.1, 0.15) is 22.2 Å². The summed E-state index contributed by atoms with van der Waals surface area (Å²) in [6, 6.07) is 4.95. The molecule has 28 heavy (non-hydrogen) atoms. The number of nitrogens with two attached hydrogens (primary N) is 1. The molecule has 0 atom stereocenters. The number of benzene rings is 1. The van der Waals surface area contributed by atoms with Crippen LogP contribution in [0.2, 0.25) is 0 Å². The lowest BCUT2D eigenvalue weighted by atomic mass is 9.98. The van der Waals surface area contributed by atoms with Gasteiger partial charge in [0.25, 0.3) is 5.91 Å². The highest BCUT2D eigenvalue weighted by Gasteiger charge is 2.26. The second-order valence-electron chi connectivity index (χ2n) is 6.54. The van der Waals surface area contributed by atoms with Crippen LogP contribution in [0.3, 0.4) is 0 Å². The molecule has 0 aliphatic carbocycles. The largest absolute Gasteiger partial charge is 0.489 e. The Bertz CT molecular complexity index is 870. The van der Waals surface area contributed by atoms with E-state index >= 15 is 0 Å². The zero-order valence-electron chi connectivity index (χ0n) is 15.6. The van der Waals surface area contributed by atoms with Gasteiger partial charge in [-0.15, -0.1) is 0 Å². The van der Waals surface area contributed by atoms with Crippen molar-refractivity contribution in [3.8, 4) is 5.75 Å². The van der Waals surface area contributed by atoms with Crippen molar-refractivity contribution in [1.82, 2.24) is 10.2 Å². The van der Waals surface area contributed by atoms with E-state index in [0.29, 0.717) is 36.2 Å². The maximum absolute atomic E-state index is 12.6. The summed E-state index contributed by atoms with van der Waals surface area (Å²) in [4.78, 5) is 26.0. The molecule has 1 aliphatic rings.